The summed E-state index contributed by atoms with van der Waals surface area (Å²) in [6, 6.07) is 9.58. The normalized spacial score (nSPS) is 16.1. The van der Waals surface area contributed by atoms with E-state index in [1.807, 2.05) is 6.20 Å². The Morgan fingerprint density at radius 3 is 2.64 bits per heavy atom. The van der Waals surface area contributed by atoms with E-state index in [2.05, 4.69) is 10.1 Å². The molecule has 2 aliphatic heterocycles. The fourth-order valence-corrected chi connectivity index (χ4v) is 4.93. The molecule has 184 valence electrons. The van der Waals surface area contributed by atoms with E-state index in [0.29, 0.717) is 46.9 Å². The minimum absolute atomic E-state index is 0.0404. The molecule has 0 N–H and O–H groups in total. The van der Waals surface area contributed by atoms with Gasteiger partial charge in [0.15, 0.2) is 0 Å². The largest absolute Gasteiger partial charge is 0.488 e. The van der Waals surface area contributed by atoms with Gasteiger partial charge in [-0.15, -0.1) is 0 Å². The number of hydrogen-bond acceptors (Lipinski definition) is 5. The Bertz CT molecular complexity index is 1460. The van der Waals surface area contributed by atoms with Gasteiger partial charge in [0.2, 0.25) is 0 Å². The summed E-state index contributed by atoms with van der Waals surface area (Å²) in [7, 11) is 1.80. The molecule has 0 saturated carbocycles. The summed E-state index contributed by atoms with van der Waals surface area (Å²) >= 11 is 0. The van der Waals surface area contributed by atoms with Gasteiger partial charge in [-0.2, -0.15) is 5.10 Å². The summed E-state index contributed by atoms with van der Waals surface area (Å²) in [6.07, 6.45) is 5.06. The van der Waals surface area contributed by atoms with Crippen LogP contribution in [0.25, 0.3) is 22.0 Å². The fraction of sp³-hybridized carbons (Fsp3) is 0.296. The predicted octanol–water partition coefficient (Wildman–Crippen LogP) is 4.63. The summed E-state index contributed by atoms with van der Waals surface area (Å²) in [4.78, 5) is 18.3. The van der Waals surface area contributed by atoms with Crippen molar-refractivity contribution in [2.24, 2.45) is 7.05 Å². The number of aryl methyl sites for hydroxylation is 1. The Balaban J connectivity index is 1.31. The predicted molar refractivity (Wildman–Crippen MR) is 128 cm³/mol. The molecule has 1 fully saturated rings. The third-order valence-corrected chi connectivity index (χ3v) is 6.77. The zero-order valence-corrected chi connectivity index (χ0v) is 19.7. The maximum Gasteiger partial charge on any atom is 0.256 e. The zero-order chi connectivity index (χ0) is 24.8. The van der Waals surface area contributed by atoms with Gasteiger partial charge in [0.05, 0.1) is 37.6 Å². The van der Waals surface area contributed by atoms with Gasteiger partial charge < -0.3 is 14.4 Å². The SMILES string of the molecule is Cn1cc2c(-c3cc(F)c(CN4Cc5ncccc5C4=O)c(F)c3)ccc(OC3CCOCC3)c2n1. The van der Waals surface area contributed by atoms with Gasteiger partial charge in [0.1, 0.15) is 29.0 Å². The molecule has 4 aromatic rings. The first kappa shape index (κ1) is 22.6. The summed E-state index contributed by atoms with van der Waals surface area (Å²) in [6.45, 7) is 1.36. The van der Waals surface area contributed by atoms with Crippen LogP contribution < -0.4 is 4.74 Å². The van der Waals surface area contributed by atoms with Crippen LogP contribution in [0.2, 0.25) is 0 Å². The third-order valence-electron chi connectivity index (χ3n) is 6.77. The highest BCUT2D eigenvalue weighted by atomic mass is 19.1. The van der Waals surface area contributed by atoms with Crippen LogP contribution in [0.5, 0.6) is 5.75 Å². The van der Waals surface area contributed by atoms with E-state index in [1.54, 1.807) is 42.2 Å². The van der Waals surface area contributed by atoms with Gasteiger partial charge in [-0.1, -0.05) is 0 Å². The highest BCUT2D eigenvalue weighted by Crippen LogP contribution is 2.36. The Labute approximate surface area is 206 Å². The Kier molecular flexibility index (Phi) is 5.64. The molecule has 4 heterocycles. The van der Waals surface area contributed by atoms with Crippen molar-refractivity contribution in [3.05, 3.63) is 77.2 Å². The summed E-state index contributed by atoms with van der Waals surface area (Å²) in [5, 5.41) is 5.29. The van der Waals surface area contributed by atoms with Crippen molar-refractivity contribution in [2.75, 3.05) is 13.2 Å². The molecule has 2 aromatic carbocycles. The van der Waals surface area contributed by atoms with E-state index in [-0.39, 0.29) is 30.7 Å². The number of hydrogen-bond donors (Lipinski definition) is 0. The molecular formula is C27H24F2N4O3. The van der Waals surface area contributed by atoms with Crippen LogP contribution in [-0.2, 0) is 24.9 Å². The molecule has 7 nitrogen and oxygen atoms in total. The molecule has 6 rings (SSSR count). The molecular weight excluding hydrogens is 466 g/mol. The molecule has 2 aliphatic rings. The lowest BCUT2D eigenvalue weighted by Crippen LogP contribution is -2.25. The van der Waals surface area contributed by atoms with E-state index in [9.17, 15) is 4.79 Å². The van der Waals surface area contributed by atoms with Crippen molar-refractivity contribution in [2.45, 2.75) is 32.0 Å². The number of pyridine rings is 1. The van der Waals surface area contributed by atoms with Gasteiger partial charge in [-0.05, 0) is 47.5 Å². The molecule has 0 spiro atoms. The van der Waals surface area contributed by atoms with E-state index < -0.39 is 11.6 Å². The Morgan fingerprint density at radius 1 is 1.11 bits per heavy atom. The number of nitrogens with zero attached hydrogens (tertiary/aromatic N) is 4. The lowest BCUT2D eigenvalue weighted by atomic mass is 9.99. The zero-order valence-electron chi connectivity index (χ0n) is 19.7. The molecule has 0 aliphatic carbocycles. The minimum Gasteiger partial charge on any atom is -0.488 e. The first-order valence-corrected chi connectivity index (χ1v) is 11.9. The van der Waals surface area contributed by atoms with Crippen LogP contribution in [0.3, 0.4) is 0 Å². The number of rotatable bonds is 5. The summed E-state index contributed by atoms with van der Waals surface area (Å²) in [5.41, 5.74) is 2.61. The quantitative estimate of drug-likeness (QED) is 0.408. The standard InChI is InChI=1S/C27H24F2N4O3/c1-32-13-20-18(4-5-25(26(20)31-32)36-17-6-9-35-10-7-17)16-11-22(28)21(23(29)12-16)14-33-15-24-19(27(33)34)3-2-8-30-24/h2-5,8,11-13,17H,6-7,9-10,14-15H2,1H3. The van der Waals surface area contributed by atoms with Crippen LogP contribution >= 0.6 is 0 Å². The first-order valence-electron chi connectivity index (χ1n) is 11.9. The Hall–Kier alpha value is -3.85. The van der Waals surface area contributed by atoms with E-state index in [0.717, 1.165) is 18.2 Å². The molecule has 0 atom stereocenters. The highest BCUT2D eigenvalue weighted by molar-refractivity contribution is 5.98. The van der Waals surface area contributed by atoms with Crippen molar-refractivity contribution in [3.8, 4) is 16.9 Å². The second-order valence-electron chi connectivity index (χ2n) is 9.18. The number of carbonyl (C=O) groups is 1. The summed E-state index contributed by atoms with van der Waals surface area (Å²) in [5.74, 6) is -1.06. The van der Waals surface area contributed by atoms with Crippen molar-refractivity contribution < 1.29 is 23.0 Å². The van der Waals surface area contributed by atoms with E-state index in [4.69, 9.17) is 9.47 Å². The highest BCUT2D eigenvalue weighted by Gasteiger charge is 2.30. The average molecular weight is 491 g/mol. The number of carbonyl (C=O) groups excluding carboxylic acids is 1. The van der Waals surface area contributed by atoms with Crippen molar-refractivity contribution in [1.29, 1.82) is 0 Å². The van der Waals surface area contributed by atoms with Crippen molar-refractivity contribution in [1.82, 2.24) is 19.7 Å². The van der Waals surface area contributed by atoms with Crippen molar-refractivity contribution >= 4 is 16.8 Å². The molecule has 0 radical (unpaired) electrons. The maximum absolute atomic E-state index is 15.2. The van der Waals surface area contributed by atoms with Crippen LogP contribution in [0.15, 0.2) is 48.8 Å². The lowest BCUT2D eigenvalue weighted by Gasteiger charge is -2.23. The summed E-state index contributed by atoms with van der Waals surface area (Å²) < 4.78 is 43.8. The van der Waals surface area contributed by atoms with Crippen LogP contribution in [0.1, 0.15) is 34.5 Å². The topological polar surface area (TPSA) is 69.5 Å². The maximum atomic E-state index is 15.2. The Morgan fingerprint density at radius 2 is 1.89 bits per heavy atom. The molecule has 0 unspecified atom stereocenters. The average Bonchev–Trinajstić information content (AvgIpc) is 3.42. The van der Waals surface area contributed by atoms with Crippen molar-refractivity contribution in [3.63, 3.8) is 0 Å². The van der Waals surface area contributed by atoms with Crippen LogP contribution in [0, 0.1) is 11.6 Å². The molecule has 0 bridgehead atoms. The lowest BCUT2D eigenvalue weighted by molar-refractivity contribution is 0.0261. The molecule has 2 aromatic heterocycles. The molecule has 9 heteroatoms. The number of halogens is 2. The monoisotopic (exact) mass is 490 g/mol. The van der Waals surface area contributed by atoms with Gasteiger partial charge in [-0.3, -0.25) is 14.5 Å². The van der Waals surface area contributed by atoms with Crippen LogP contribution in [0.4, 0.5) is 8.78 Å². The van der Waals surface area contributed by atoms with E-state index >= 15 is 8.78 Å². The third kappa shape index (κ3) is 3.99. The number of amides is 1. The molecule has 1 saturated heterocycles. The van der Waals surface area contributed by atoms with Gasteiger partial charge in [0.25, 0.3) is 5.91 Å². The number of ether oxygens (including phenoxy) is 2. The molecule has 36 heavy (non-hydrogen) atoms. The van der Waals surface area contributed by atoms with Gasteiger partial charge >= 0.3 is 0 Å². The van der Waals surface area contributed by atoms with Gasteiger partial charge in [0, 0.05) is 43.2 Å². The van der Waals surface area contributed by atoms with Crippen LogP contribution in [-0.4, -0.2) is 44.9 Å². The number of aromatic nitrogens is 3. The second kappa shape index (κ2) is 8.98. The van der Waals surface area contributed by atoms with E-state index in [1.165, 1.54) is 17.0 Å². The number of benzene rings is 2. The number of fused-ring (bicyclic) bond motifs is 2. The van der Waals surface area contributed by atoms with Gasteiger partial charge in [-0.25, -0.2) is 8.78 Å². The fourth-order valence-electron chi connectivity index (χ4n) is 4.93. The molecule has 1 amide bonds. The minimum atomic E-state index is -0.707. The first-order chi connectivity index (χ1) is 17.5. The smallest absolute Gasteiger partial charge is 0.256 e. The second-order valence-corrected chi connectivity index (χ2v) is 9.18.